The van der Waals surface area contributed by atoms with Gasteiger partial charge in [0.2, 0.25) is 5.95 Å². The number of fused-ring (bicyclic) bond motifs is 1. The first-order valence-electron chi connectivity index (χ1n) is 5.41. The van der Waals surface area contributed by atoms with Crippen LogP contribution in [0.3, 0.4) is 0 Å². The van der Waals surface area contributed by atoms with Crippen LogP contribution < -0.4 is 5.73 Å². The van der Waals surface area contributed by atoms with E-state index in [1.165, 1.54) is 25.0 Å². The molecule has 80 valence electrons. The number of nitrogen functional groups attached to an aromatic ring is 1. The first-order chi connectivity index (χ1) is 7.31. The summed E-state index contributed by atoms with van der Waals surface area (Å²) < 4.78 is 1.84. The Morgan fingerprint density at radius 3 is 3.00 bits per heavy atom. The molecule has 0 atom stereocenters. The molecule has 0 aliphatic rings. The third-order valence-corrected chi connectivity index (χ3v) is 2.49. The van der Waals surface area contributed by atoms with Gasteiger partial charge in [-0.15, -0.1) is 5.10 Å². The second-order valence-corrected chi connectivity index (χ2v) is 3.71. The Hall–Kier alpha value is -1.58. The lowest BCUT2D eigenvalue weighted by molar-refractivity contribution is 0.691. The van der Waals surface area contributed by atoms with E-state index in [1.54, 1.807) is 0 Å². The average Bonchev–Trinajstić information content (AvgIpc) is 2.59. The fourth-order valence-corrected chi connectivity index (χ4v) is 1.72. The van der Waals surface area contributed by atoms with Gasteiger partial charge in [0.1, 0.15) is 0 Å². The molecule has 0 radical (unpaired) electrons. The van der Waals surface area contributed by atoms with Crippen molar-refractivity contribution in [2.24, 2.45) is 0 Å². The van der Waals surface area contributed by atoms with E-state index >= 15 is 0 Å². The van der Waals surface area contributed by atoms with Gasteiger partial charge in [-0.3, -0.25) is 0 Å². The Labute approximate surface area is 89.1 Å². The molecule has 0 saturated carbocycles. The van der Waals surface area contributed by atoms with Gasteiger partial charge in [0, 0.05) is 5.69 Å². The van der Waals surface area contributed by atoms with E-state index in [0.717, 1.165) is 12.1 Å². The Balaban J connectivity index is 2.25. The monoisotopic (exact) mass is 204 g/mol. The van der Waals surface area contributed by atoms with Crippen molar-refractivity contribution in [3.05, 3.63) is 23.9 Å². The highest BCUT2D eigenvalue weighted by Gasteiger charge is 2.03. The summed E-state index contributed by atoms with van der Waals surface area (Å²) in [5, 5.41) is 4.18. The zero-order chi connectivity index (χ0) is 10.7. The quantitative estimate of drug-likeness (QED) is 0.775. The van der Waals surface area contributed by atoms with E-state index < -0.39 is 0 Å². The summed E-state index contributed by atoms with van der Waals surface area (Å²) in [5.41, 5.74) is 7.59. The number of aromatic nitrogens is 3. The summed E-state index contributed by atoms with van der Waals surface area (Å²) in [6.07, 6.45) is 4.71. The maximum absolute atomic E-state index is 5.57. The van der Waals surface area contributed by atoms with Gasteiger partial charge >= 0.3 is 0 Å². The zero-order valence-corrected chi connectivity index (χ0v) is 8.98. The molecule has 0 bridgehead atoms. The number of hydrogen-bond donors (Lipinski definition) is 1. The third kappa shape index (κ3) is 2.09. The number of pyridine rings is 1. The summed E-state index contributed by atoms with van der Waals surface area (Å²) in [4.78, 5) is 4.13. The van der Waals surface area contributed by atoms with Gasteiger partial charge in [-0.1, -0.05) is 25.8 Å². The van der Waals surface area contributed by atoms with Crippen LogP contribution in [-0.2, 0) is 6.42 Å². The van der Waals surface area contributed by atoms with Crippen molar-refractivity contribution < 1.29 is 0 Å². The molecule has 0 unspecified atom stereocenters. The molecule has 2 rings (SSSR count). The van der Waals surface area contributed by atoms with Crippen molar-refractivity contribution in [2.75, 3.05) is 5.73 Å². The summed E-state index contributed by atoms with van der Waals surface area (Å²) >= 11 is 0. The lowest BCUT2D eigenvalue weighted by Gasteiger charge is -2.02. The highest BCUT2D eigenvalue weighted by Crippen LogP contribution is 2.10. The Morgan fingerprint density at radius 1 is 1.33 bits per heavy atom. The van der Waals surface area contributed by atoms with Gasteiger partial charge in [0.15, 0.2) is 5.65 Å². The van der Waals surface area contributed by atoms with Crippen LogP contribution >= 0.6 is 0 Å². The van der Waals surface area contributed by atoms with Gasteiger partial charge in [-0.05, 0) is 25.0 Å². The topological polar surface area (TPSA) is 56.2 Å². The number of rotatable bonds is 4. The van der Waals surface area contributed by atoms with E-state index in [9.17, 15) is 0 Å². The van der Waals surface area contributed by atoms with Crippen molar-refractivity contribution in [3.8, 4) is 0 Å². The van der Waals surface area contributed by atoms with E-state index in [-0.39, 0.29) is 0 Å². The van der Waals surface area contributed by atoms with Crippen LogP contribution in [0.2, 0.25) is 0 Å². The summed E-state index contributed by atoms with van der Waals surface area (Å²) in [6, 6.07) is 6.01. The minimum Gasteiger partial charge on any atom is -0.366 e. The van der Waals surface area contributed by atoms with Gasteiger partial charge < -0.3 is 5.73 Å². The molecular weight excluding hydrogens is 188 g/mol. The molecule has 0 amide bonds. The van der Waals surface area contributed by atoms with Gasteiger partial charge in [0.05, 0.1) is 0 Å². The first-order valence-corrected chi connectivity index (χ1v) is 5.41. The predicted molar refractivity (Wildman–Crippen MR) is 60.6 cm³/mol. The van der Waals surface area contributed by atoms with Crippen LogP contribution in [0.1, 0.15) is 31.9 Å². The van der Waals surface area contributed by atoms with E-state index in [2.05, 4.69) is 23.1 Å². The van der Waals surface area contributed by atoms with Crippen LogP contribution in [-0.4, -0.2) is 14.6 Å². The fraction of sp³-hybridized carbons (Fsp3) is 0.455. The third-order valence-electron chi connectivity index (χ3n) is 2.49. The number of nitrogens with zero attached hydrogens (tertiary/aromatic N) is 3. The average molecular weight is 204 g/mol. The SMILES string of the molecule is CCCCCc1cccc2nc(N)nn12. The smallest absolute Gasteiger partial charge is 0.240 e. The van der Waals surface area contributed by atoms with Crippen LogP contribution in [0, 0.1) is 0 Å². The van der Waals surface area contributed by atoms with Crippen LogP contribution in [0.15, 0.2) is 18.2 Å². The van der Waals surface area contributed by atoms with Crippen LogP contribution in [0.25, 0.3) is 5.65 Å². The molecule has 4 heteroatoms. The molecule has 2 N–H and O–H groups in total. The normalized spacial score (nSPS) is 11.0. The molecular formula is C11H16N4. The molecule has 0 saturated heterocycles. The van der Waals surface area contributed by atoms with Crippen molar-refractivity contribution in [3.63, 3.8) is 0 Å². The summed E-state index contributed by atoms with van der Waals surface area (Å²) in [7, 11) is 0. The van der Waals surface area contributed by atoms with Crippen molar-refractivity contribution in [1.29, 1.82) is 0 Å². The molecule has 4 nitrogen and oxygen atoms in total. The summed E-state index contributed by atoms with van der Waals surface area (Å²) in [5.74, 6) is 0.345. The Kier molecular flexibility index (Phi) is 2.85. The maximum Gasteiger partial charge on any atom is 0.240 e. The highest BCUT2D eigenvalue weighted by atomic mass is 15.3. The van der Waals surface area contributed by atoms with Gasteiger partial charge in [0.25, 0.3) is 0 Å². The van der Waals surface area contributed by atoms with Crippen molar-refractivity contribution in [1.82, 2.24) is 14.6 Å². The van der Waals surface area contributed by atoms with Gasteiger partial charge in [-0.25, -0.2) is 4.52 Å². The van der Waals surface area contributed by atoms with E-state index in [0.29, 0.717) is 5.95 Å². The second kappa shape index (κ2) is 4.29. The standard InChI is InChI=1S/C11H16N4/c1-2-3-4-6-9-7-5-8-10-13-11(12)14-15(9)10/h5,7-8H,2-4,6H2,1H3,(H2,12,14). The largest absolute Gasteiger partial charge is 0.366 e. The lowest BCUT2D eigenvalue weighted by atomic mass is 10.1. The molecule has 0 fully saturated rings. The van der Waals surface area contributed by atoms with Crippen molar-refractivity contribution >= 4 is 11.6 Å². The van der Waals surface area contributed by atoms with Gasteiger partial charge in [-0.2, -0.15) is 4.98 Å². The lowest BCUT2D eigenvalue weighted by Crippen LogP contribution is -1.99. The van der Waals surface area contributed by atoms with Crippen LogP contribution in [0.4, 0.5) is 5.95 Å². The molecule has 0 aromatic carbocycles. The second-order valence-electron chi connectivity index (χ2n) is 3.71. The summed E-state index contributed by atoms with van der Waals surface area (Å²) in [6.45, 7) is 2.20. The number of hydrogen-bond acceptors (Lipinski definition) is 3. The molecule has 2 heterocycles. The number of unbranched alkanes of at least 4 members (excludes halogenated alkanes) is 2. The maximum atomic E-state index is 5.57. The Bertz CT molecular complexity index is 447. The molecule has 0 aliphatic carbocycles. The Morgan fingerprint density at radius 2 is 2.20 bits per heavy atom. The molecule has 0 spiro atoms. The molecule has 2 aromatic rings. The highest BCUT2D eigenvalue weighted by molar-refractivity contribution is 5.42. The molecule has 0 aliphatic heterocycles. The number of nitrogens with two attached hydrogens (primary N) is 1. The zero-order valence-electron chi connectivity index (χ0n) is 8.98. The minimum atomic E-state index is 0.345. The molecule has 15 heavy (non-hydrogen) atoms. The van der Waals surface area contributed by atoms with Crippen LogP contribution in [0.5, 0.6) is 0 Å². The van der Waals surface area contributed by atoms with E-state index in [4.69, 9.17) is 5.73 Å². The molecule has 2 aromatic heterocycles. The number of aryl methyl sites for hydroxylation is 1. The number of anilines is 1. The predicted octanol–water partition coefficient (Wildman–Crippen LogP) is 2.04. The van der Waals surface area contributed by atoms with Crippen molar-refractivity contribution in [2.45, 2.75) is 32.6 Å². The first kappa shape index (κ1) is 9.96. The van der Waals surface area contributed by atoms with E-state index in [1.807, 2.05) is 16.6 Å². The fourth-order valence-electron chi connectivity index (χ4n) is 1.72. The minimum absolute atomic E-state index is 0.345.